The molecule has 0 unspecified atom stereocenters. The van der Waals surface area contributed by atoms with Gasteiger partial charge in [0.05, 0.1) is 18.2 Å². The summed E-state index contributed by atoms with van der Waals surface area (Å²) in [6.45, 7) is 0. The number of carboxylic acids is 1. The van der Waals surface area contributed by atoms with Crippen LogP contribution in [0.3, 0.4) is 0 Å². The number of aliphatic carboxylic acids is 1. The van der Waals surface area contributed by atoms with Gasteiger partial charge in [0.2, 0.25) is 0 Å². The zero-order valence-electron chi connectivity index (χ0n) is 9.38. The molecule has 0 radical (unpaired) electrons. The molecule has 1 aromatic carbocycles. The van der Waals surface area contributed by atoms with Crippen molar-refractivity contribution < 1.29 is 14.7 Å². The van der Waals surface area contributed by atoms with Gasteiger partial charge in [-0.2, -0.15) is 5.10 Å². The molecule has 0 bridgehead atoms. The topological polar surface area (TPSA) is 95.1 Å². The monoisotopic (exact) mass is 245 g/mol. The van der Waals surface area contributed by atoms with E-state index in [0.29, 0.717) is 16.8 Å². The van der Waals surface area contributed by atoms with Crippen LogP contribution < -0.4 is 5.32 Å². The smallest absolute Gasteiger partial charge is 0.307 e. The van der Waals surface area contributed by atoms with E-state index in [2.05, 4.69) is 15.5 Å². The number of aromatic nitrogens is 2. The minimum atomic E-state index is -0.909. The van der Waals surface area contributed by atoms with Crippen LogP contribution in [0.1, 0.15) is 15.9 Å². The van der Waals surface area contributed by atoms with Gasteiger partial charge in [-0.1, -0.05) is 12.1 Å². The van der Waals surface area contributed by atoms with Crippen LogP contribution >= 0.6 is 0 Å². The van der Waals surface area contributed by atoms with E-state index in [0.717, 1.165) is 0 Å². The molecule has 0 saturated heterocycles. The van der Waals surface area contributed by atoms with E-state index < -0.39 is 5.97 Å². The van der Waals surface area contributed by atoms with E-state index in [1.165, 1.54) is 12.4 Å². The number of carbonyl (C=O) groups is 2. The van der Waals surface area contributed by atoms with Gasteiger partial charge >= 0.3 is 5.97 Å². The molecule has 0 atom stereocenters. The van der Waals surface area contributed by atoms with Gasteiger partial charge in [-0.15, -0.1) is 0 Å². The lowest BCUT2D eigenvalue weighted by molar-refractivity contribution is -0.136. The first-order valence-corrected chi connectivity index (χ1v) is 5.26. The summed E-state index contributed by atoms with van der Waals surface area (Å²) in [5.74, 6) is -1.20. The predicted molar refractivity (Wildman–Crippen MR) is 64.3 cm³/mol. The predicted octanol–water partition coefficient (Wildman–Crippen LogP) is 1.29. The van der Waals surface area contributed by atoms with E-state index in [4.69, 9.17) is 5.11 Å². The Morgan fingerprint density at radius 1 is 1.39 bits per heavy atom. The number of carbonyl (C=O) groups excluding carboxylic acids is 1. The number of aromatic amines is 1. The fraction of sp³-hybridized carbons (Fsp3) is 0.0833. The van der Waals surface area contributed by atoms with Crippen molar-refractivity contribution in [3.8, 4) is 0 Å². The molecule has 1 amide bonds. The highest BCUT2D eigenvalue weighted by Gasteiger charge is 2.07. The van der Waals surface area contributed by atoms with E-state index in [1.807, 2.05) is 0 Å². The minimum Gasteiger partial charge on any atom is -0.481 e. The average molecular weight is 245 g/mol. The standard InChI is InChI=1S/C12H11N3O3/c16-11(17)5-8-2-1-3-10(4-8)15-12(18)9-6-13-14-7-9/h1-4,6-7H,5H2,(H,13,14)(H,15,18)(H,16,17). The average Bonchev–Trinajstić information content (AvgIpc) is 2.81. The molecule has 1 heterocycles. The molecule has 0 aliphatic rings. The molecular formula is C12H11N3O3. The lowest BCUT2D eigenvalue weighted by Gasteiger charge is -2.05. The maximum absolute atomic E-state index is 11.7. The molecule has 6 nitrogen and oxygen atoms in total. The largest absolute Gasteiger partial charge is 0.481 e. The molecule has 92 valence electrons. The zero-order valence-corrected chi connectivity index (χ0v) is 9.38. The van der Waals surface area contributed by atoms with Crippen LogP contribution in [-0.4, -0.2) is 27.2 Å². The number of rotatable bonds is 4. The second-order valence-corrected chi connectivity index (χ2v) is 3.71. The highest BCUT2D eigenvalue weighted by Crippen LogP contribution is 2.12. The zero-order chi connectivity index (χ0) is 13.0. The Hall–Kier alpha value is -2.63. The SMILES string of the molecule is O=C(O)Cc1cccc(NC(=O)c2cn[nH]c2)c1. The van der Waals surface area contributed by atoms with Crippen LogP contribution in [0, 0.1) is 0 Å². The first kappa shape index (κ1) is 11.8. The maximum Gasteiger partial charge on any atom is 0.307 e. The first-order valence-electron chi connectivity index (χ1n) is 5.26. The van der Waals surface area contributed by atoms with Crippen LogP contribution in [0.25, 0.3) is 0 Å². The third kappa shape index (κ3) is 2.94. The Labute approximate surface area is 103 Å². The normalized spacial score (nSPS) is 10.0. The molecule has 2 aromatic rings. The van der Waals surface area contributed by atoms with E-state index >= 15 is 0 Å². The van der Waals surface area contributed by atoms with Gasteiger partial charge in [0.25, 0.3) is 5.91 Å². The number of hydrogen-bond donors (Lipinski definition) is 3. The van der Waals surface area contributed by atoms with Gasteiger partial charge in [0, 0.05) is 11.9 Å². The van der Waals surface area contributed by atoms with Crippen LogP contribution in [-0.2, 0) is 11.2 Å². The third-order valence-electron chi connectivity index (χ3n) is 2.30. The Morgan fingerprint density at radius 3 is 2.89 bits per heavy atom. The van der Waals surface area contributed by atoms with Crippen molar-refractivity contribution in [3.63, 3.8) is 0 Å². The van der Waals surface area contributed by atoms with Crippen molar-refractivity contribution in [1.29, 1.82) is 0 Å². The molecule has 0 aliphatic carbocycles. The Bertz CT molecular complexity index is 564. The molecule has 6 heteroatoms. The molecule has 0 spiro atoms. The number of carboxylic acid groups (broad SMARTS) is 1. The van der Waals surface area contributed by atoms with Crippen LogP contribution in [0.5, 0.6) is 0 Å². The summed E-state index contributed by atoms with van der Waals surface area (Å²) in [6.07, 6.45) is 2.82. The summed E-state index contributed by atoms with van der Waals surface area (Å²) in [5.41, 5.74) is 1.60. The van der Waals surface area contributed by atoms with Crippen molar-refractivity contribution in [2.75, 3.05) is 5.32 Å². The first-order chi connectivity index (χ1) is 8.65. The molecule has 0 fully saturated rings. The summed E-state index contributed by atoms with van der Waals surface area (Å²) >= 11 is 0. The van der Waals surface area contributed by atoms with Gasteiger partial charge in [0.15, 0.2) is 0 Å². The second-order valence-electron chi connectivity index (χ2n) is 3.71. The van der Waals surface area contributed by atoms with Gasteiger partial charge in [-0.05, 0) is 17.7 Å². The van der Waals surface area contributed by atoms with E-state index in [1.54, 1.807) is 24.3 Å². The maximum atomic E-state index is 11.7. The molecule has 0 aliphatic heterocycles. The Kier molecular flexibility index (Phi) is 3.38. The van der Waals surface area contributed by atoms with Gasteiger partial charge in [0.1, 0.15) is 0 Å². The number of hydrogen-bond acceptors (Lipinski definition) is 3. The van der Waals surface area contributed by atoms with E-state index in [9.17, 15) is 9.59 Å². The number of nitrogens with zero attached hydrogens (tertiary/aromatic N) is 1. The van der Waals surface area contributed by atoms with Crippen molar-refractivity contribution >= 4 is 17.6 Å². The van der Waals surface area contributed by atoms with Crippen molar-refractivity contribution in [2.45, 2.75) is 6.42 Å². The quantitative estimate of drug-likeness (QED) is 0.756. The van der Waals surface area contributed by atoms with Crippen LogP contribution in [0.4, 0.5) is 5.69 Å². The van der Waals surface area contributed by atoms with Crippen molar-refractivity contribution in [3.05, 3.63) is 47.8 Å². The minimum absolute atomic E-state index is 0.0740. The van der Waals surface area contributed by atoms with Gasteiger partial charge in [-0.3, -0.25) is 14.7 Å². The molecular weight excluding hydrogens is 234 g/mol. The summed E-state index contributed by atoms with van der Waals surface area (Å²) < 4.78 is 0. The fourth-order valence-electron chi connectivity index (χ4n) is 1.51. The third-order valence-corrected chi connectivity index (χ3v) is 2.30. The van der Waals surface area contributed by atoms with Crippen molar-refractivity contribution in [2.24, 2.45) is 0 Å². The summed E-state index contributed by atoms with van der Waals surface area (Å²) in [7, 11) is 0. The number of nitrogens with one attached hydrogen (secondary N) is 2. The highest BCUT2D eigenvalue weighted by molar-refractivity contribution is 6.03. The van der Waals surface area contributed by atoms with E-state index in [-0.39, 0.29) is 12.3 Å². The lowest BCUT2D eigenvalue weighted by Crippen LogP contribution is -2.11. The van der Waals surface area contributed by atoms with Crippen LogP contribution in [0.15, 0.2) is 36.7 Å². The van der Waals surface area contributed by atoms with Crippen LogP contribution in [0.2, 0.25) is 0 Å². The summed E-state index contributed by atoms with van der Waals surface area (Å²) in [4.78, 5) is 22.3. The Morgan fingerprint density at radius 2 is 2.22 bits per heavy atom. The molecule has 0 saturated carbocycles. The summed E-state index contributed by atoms with van der Waals surface area (Å²) in [6, 6.07) is 6.72. The number of amides is 1. The molecule has 2 rings (SSSR count). The number of benzene rings is 1. The Balaban J connectivity index is 2.10. The second kappa shape index (κ2) is 5.13. The van der Waals surface area contributed by atoms with Gasteiger partial charge in [-0.25, -0.2) is 0 Å². The fourth-order valence-corrected chi connectivity index (χ4v) is 1.51. The summed E-state index contributed by atoms with van der Waals surface area (Å²) in [5, 5.41) is 17.6. The number of H-pyrrole nitrogens is 1. The molecule has 3 N–H and O–H groups in total. The van der Waals surface area contributed by atoms with Gasteiger partial charge < -0.3 is 10.4 Å². The molecule has 18 heavy (non-hydrogen) atoms. The van der Waals surface area contributed by atoms with Crippen molar-refractivity contribution in [1.82, 2.24) is 10.2 Å². The number of anilines is 1. The molecule has 1 aromatic heterocycles. The lowest BCUT2D eigenvalue weighted by atomic mass is 10.1. The highest BCUT2D eigenvalue weighted by atomic mass is 16.4.